The number of likely N-dealkylation sites (N-methyl/N-ethyl adjacent to an activating group) is 1. The predicted octanol–water partition coefficient (Wildman–Crippen LogP) is 1.99. The first-order valence-electron chi connectivity index (χ1n) is 10.2. The number of fused-ring (bicyclic) bond motifs is 1. The highest BCUT2D eigenvalue weighted by Gasteiger charge is 2.31. The Morgan fingerprint density at radius 2 is 2.11 bits per heavy atom. The molecular formula is C21H28N6O. The molecule has 7 heteroatoms. The monoisotopic (exact) mass is 380 g/mol. The van der Waals surface area contributed by atoms with Gasteiger partial charge in [0.05, 0.1) is 17.8 Å². The average Bonchev–Trinajstić information content (AvgIpc) is 3.23. The molecule has 148 valence electrons. The van der Waals surface area contributed by atoms with Crippen molar-refractivity contribution in [1.29, 1.82) is 0 Å². The van der Waals surface area contributed by atoms with Gasteiger partial charge in [0, 0.05) is 43.6 Å². The molecule has 1 fully saturated rings. The summed E-state index contributed by atoms with van der Waals surface area (Å²) in [5.74, 6) is 1.08. The van der Waals surface area contributed by atoms with Crippen molar-refractivity contribution in [1.82, 2.24) is 24.8 Å². The SMILES string of the molecule is CCN(CC)[C@H]1CCN(c2ncnc3c2CCN(C(=O)c2cccnc2)C3)C1. The summed E-state index contributed by atoms with van der Waals surface area (Å²) in [6.45, 7) is 9.90. The number of carbonyl (C=O) groups excluding carboxylic acids is 1. The molecule has 0 saturated carbocycles. The molecule has 2 aliphatic rings. The summed E-state index contributed by atoms with van der Waals surface area (Å²) >= 11 is 0. The van der Waals surface area contributed by atoms with Crippen LogP contribution in [0.25, 0.3) is 0 Å². The van der Waals surface area contributed by atoms with E-state index in [1.807, 2.05) is 11.0 Å². The molecule has 1 amide bonds. The standard InChI is InChI=1S/C21H28N6O/c1-3-25(4-2)17-7-10-26(13-17)20-18-8-11-27(14-19(18)23-15-24-20)21(28)16-6-5-9-22-12-16/h5-6,9,12,15,17H,3-4,7-8,10-11,13-14H2,1-2H3/t17-/m0/s1. The lowest BCUT2D eigenvalue weighted by Gasteiger charge is -2.31. The first-order valence-corrected chi connectivity index (χ1v) is 10.2. The van der Waals surface area contributed by atoms with Gasteiger partial charge < -0.3 is 9.80 Å². The van der Waals surface area contributed by atoms with Crippen LogP contribution < -0.4 is 4.90 Å². The van der Waals surface area contributed by atoms with Crippen LogP contribution in [0.15, 0.2) is 30.9 Å². The summed E-state index contributed by atoms with van der Waals surface area (Å²) in [5, 5.41) is 0. The largest absolute Gasteiger partial charge is 0.355 e. The number of nitrogens with zero attached hydrogens (tertiary/aromatic N) is 6. The van der Waals surface area contributed by atoms with E-state index in [2.05, 4.69) is 38.6 Å². The Morgan fingerprint density at radius 3 is 2.86 bits per heavy atom. The highest BCUT2D eigenvalue weighted by atomic mass is 16.2. The number of amides is 1. The van der Waals surface area contributed by atoms with E-state index < -0.39 is 0 Å². The Bertz CT molecular complexity index is 823. The maximum atomic E-state index is 12.8. The number of hydrogen-bond acceptors (Lipinski definition) is 6. The molecule has 0 aliphatic carbocycles. The van der Waals surface area contributed by atoms with Crippen LogP contribution in [-0.4, -0.2) is 69.4 Å². The summed E-state index contributed by atoms with van der Waals surface area (Å²) in [5.41, 5.74) is 2.81. The zero-order valence-electron chi connectivity index (χ0n) is 16.7. The van der Waals surface area contributed by atoms with Gasteiger partial charge in [-0.1, -0.05) is 13.8 Å². The topological polar surface area (TPSA) is 65.5 Å². The number of hydrogen-bond donors (Lipinski definition) is 0. The Hall–Kier alpha value is -2.54. The highest BCUT2D eigenvalue weighted by Crippen LogP contribution is 2.29. The van der Waals surface area contributed by atoms with Crippen molar-refractivity contribution in [2.24, 2.45) is 0 Å². The summed E-state index contributed by atoms with van der Waals surface area (Å²) < 4.78 is 0. The fraction of sp³-hybridized carbons (Fsp3) is 0.524. The van der Waals surface area contributed by atoms with E-state index in [0.717, 1.165) is 44.1 Å². The molecule has 28 heavy (non-hydrogen) atoms. The highest BCUT2D eigenvalue weighted by molar-refractivity contribution is 5.94. The number of pyridine rings is 1. The second-order valence-electron chi connectivity index (χ2n) is 7.45. The van der Waals surface area contributed by atoms with Gasteiger partial charge in [-0.15, -0.1) is 0 Å². The van der Waals surface area contributed by atoms with Crippen LogP contribution in [0.2, 0.25) is 0 Å². The normalized spacial score (nSPS) is 19.2. The van der Waals surface area contributed by atoms with E-state index >= 15 is 0 Å². The molecule has 0 N–H and O–H groups in total. The van der Waals surface area contributed by atoms with Crippen molar-refractivity contribution in [3.63, 3.8) is 0 Å². The summed E-state index contributed by atoms with van der Waals surface area (Å²) in [6, 6.07) is 4.20. The molecule has 0 unspecified atom stereocenters. The van der Waals surface area contributed by atoms with Gasteiger partial charge in [-0.3, -0.25) is 14.7 Å². The fourth-order valence-electron chi connectivity index (χ4n) is 4.43. The van der Waals surface area contributed by atoms with Crippen molar-refractivity contribution in [3.8, 4) is 0 Å². The molecule has 4 heterocycles. The Balaban J connectivity index is 1.50. The van der Waals surface area contributed by atoms with E-state index in [0.29, 0.717) is 24.7 Å². The first-order chi connectivity index (χ1) is 13.7. The van der Waals surface area contributed by atoms with E-state index in [-0.39, 0.29) is 5.91 Å². The molecule has 0 radical (unpaired) electrons. The van der Waals surface area contributed by atoms with E-state index in [4.69, 9.17) is 0 Å². The maximum Gasteiger partial charge on any atom is 0.255 e. The quantitative estimate of drug-likeness (QED) is 0.790. The van der Waals surface area contributed by atoms with E-state index in [1.54, 1.807) is 24.8 Å². The van der Waals surface area contributed by atoms with Gasteiger partial charge in [-0.05, 0) is 38.1 Å². The van der Waals surface area contributed by atoms with Crippen LogP contribution in [-0.2, 0) is 13.0 Å². The first kappa shape index (κ1) is 18.8. The molecule has 2 aromatic rings. The second-order valence-corrected chi connectivity index (χ2v) is 7.45. The van der Waals surface area contributed by atoms with E-state index in [9.17, 15) is 4.79 Å². The number of carbonyl (C=O) groups is 1. The van der Waals surface area contributed by atoms with Crippen LogP contribution in [0.5, 0.6) is 0 Å². The molecule has 1 atom stereocenters. The van der Waals surface area contributed by atoms with Crippen molar-refractivity contribution >= 4 is 11.7 Å². The number of aromatic nitrogens is 3. The molecule has 7 nitrogen and oxygen atoms in total. The third-order valence-corrected chi connectivity index (χ3v) is 5.97. The zero-order chi connectivity index (χ0) is 19.5. The van der Waals surface area contributed by atoms with Crippen LogP contribution in [0.4, 0.5) is 5.82 Å². The van der Waals surface area contributed by atoms with Crippen molar-refractivity contribution in [2.45, 2.75) is 39.3 Å². The smallest absolute Gasteiger partial charge is 0.255 e. The summed E-state index contributed by atoms with van der Waals surface area (Å²) in [6.07, 6.45) is 6.93. The molecular weight excluding hydrogens is 352 g/mol. The van der Waals surface area contributed by atoms with Crippen LogP contribution >= 0.6 is 0 Å². The number of rotatable bonds is 5. The summed E-state index contributed by atoms with van der Waals surface area (Å²) in [7, 11) is 0. The molecule has 0 aromatic carbocycles. The molecule has 1 saturated heterocycles. The van der Waals surface area contributed by atoms with Gasteiger partial charge in [-0.25, -0.2) is 9.97 Å². The molecule has 2 aliphatic heterocycles. The number of anilines is 1. The van der Waals surface area contributed by atoms with Gasteiger partial charge in [0.15, 0.2) is 0 Å². The second kappa shape index (κ2) is 8.22. The third-order valence-electron chi connectivity index (χ3n) is 5.97. The Labute approximate surface area is 166 Å². The lowest BCUT2D eigenvalue weighted by Crippen LogP contribution is -2.39. The Morgan fingerprint density at radius 1 is 1.25 bits per heavy atom. The average molecular weight is 380 g/mol. The van der Waals surface area contributed by atoms with Gasteiger partial charge in [0.2, 0.25) is 0 Å². The molecule has 0 bridgehead atoms. The van der Waals surface area contributed by atoms with Crippen molar-refractivity contribution in [2.75, 3.05) is 37.6 Å². The molecule has 4 rings (SSSR count). The van der Waals surface area contributed by atoms with Crippen LogP contribution in [0.3, 0.4) is 0 Å². The lowest BCUT2D eigenvalue weighted by molar-refractivity contribution is 0.0731. The minimum atomic E-state index is 0.0154. The van der Waals surface area contributed by atoms with Gasteiger partial charge >= 0.3 is 0 Å². The Kier molecular flexibility index (Phi) is 5.52. The molecule has 0 spiro atoms. The van der Waals surface area contributed by atoms with Crippen LogP contribution in [0.1, 0.15) is 41.9 Å². The fourth-order valence-corrected chi connectivity index (χ4v) is 4.43. The van der Waals surface area contributed by atoms with Crippen molar-refractivity contribution < 1.29 is 4.79 Å². The minimum absolute atomic E-state index is 0.0154. The zero-order valence-corrected chi connectivity index (χ0v) is 16.7. The lowest BCUT2D eigenvalue weighted by atomic mass is 10.0. The van der Waals surface area contributed by atoms with Crippen molar-refractivity contribution in [3.05, 3.63) is 47.7 Å². The maximum absolute atomic E-state index is 12.8. The van der Waals surface area contributed by atoms with Gasteiger partial charge in [-0.2, -0.15) is 0 Å². The molecule has 2 aromatic heterocycles. The predicted molar refractivity (Wildman–Crippen MR) is 108 cm³/mol. The van der Waals surface area contributed by atoms with E-state index in [1.165, 1.54) is 12.0 Å². The minimum Gasteiger partial charge on any atom is -0.355 e. The third kappa shape index (κ3) is 3.58. The van der Waals surface area contributed by atoms with Gasteiger partial charge in [0.1, 0.15) is 12.1 Å². The summed E-state index contributed by atoms with van der Waals surface area (Å²) in [4.78, 5) is 32.8. The van der Waals surface area contributed by atoms with Crippen LogP contribution in [0, 0.1) is 0 Å². The van der Waals surface area contributed by atoms with Gasteiger partial charge in [0.25, 0.3) is 5.91 Å².